The van der Waals surface area contributed by atoms with Gasteiger partial charge in [-0.15, -0.1) is 16.4 Å². The van der Waals surface area contributed by atoms with Gasteiger partial charge in [-0.3, -0.25) is 4.79 Å². The monoisotopic (exact) mass is 458 g/mol. The minimum Gasteiger partial charge on any atom is -0.378 e. The molecule has 1 N–H and O–H groups in total. The van der Waals surface area contributed by atoms with E-state index in [9.17, 15) is 4.79 Å². The van der Waals surface area contributed by atoms with E-state index in [1.807, 2.05) is 66.7 Å². The Balaban J connectivity index is 1.33. The second kappa shape index (κ2) is 9.76. The second-order valence-corrected chi connectivity index (χ2v) is 8.44. The summed E-state index contributed by atoms with van der Waals surface area (Å²) in [6.07, 6.45) is 1.64. The van der Waals surface area contributed by atoms with Gasteiger partial charge in [-0.05, 0) is 24.3 Å². The SMILES string of the molecule is O=C(N/N=C/c1ccc(N2CCOCC2)s1)c1nc(-c2ccccc2)n(-c2ccccc2)n1. The summed E-state index contributed by atoms with van der Waals surface area (Å²) in [6.45, 7) is 3.25. The summed E-state index contributed by atoms with van der Waals surface area (Å²) < 4.78 is 7.07. The van der Waals surface area contributed by atoms with Crippen molar-refractivity contribution in [1.29, 1.82) is 0 Å². The first kappa shape index (κ1) is 21.0. The largest absolute Gasteiger partial charge is 0.378 e. The summed E-state index contributed by atoms with van der Waals surface area (Å²) in [5.41, 5.74) is 4.23. The third kappa shape index (κ3) is 4.84. The van der Waals surface area contributed by atoms with Crippen molar-refractivity contribution in [3.63, 3.8) is 0 Å². The number of ether oxygens (including phenoxy) is 1. The first-order valence-electron chi connectivity index (χ1n) is 10.6. The van der Waals surface area contributed by atoms with Gasteiger partial charge in [0, 0.05) is 23.5 Å². The van der Waals surface area contributed by atoms with Crippen molar-refractivity contribution in [1.82, 2.24) is 20.2 Å². The summed E-state index contributed by atoms with van der Waals surface area (Å²) in [7, 11) is 0. The number of carbonyl (C=O) groups excluding carboxylic acids is 1. The molecule has 3 heterocycles. The molecule has 0 saturated carbocycles. The van der Waals surface area contributed by atoms with Crippen LogP contribution in [0.4, 0.5) is 5.00 Å². The number of hydrogen-bond acceptors (Lipinski definition) is 7. The molecule has 1 saturated heterocycles. The number of anilines is 1. The highest BCUT2D eigenvalue weighted by Gasteiger charge is 2.18. The van der Waals surface area contributed by atoms with Crippen LogP contribution >= 0.6 is 11.3 Å². The van der Waals surface area contributed by atoms with Crippen molar-refractivity contribution >= 4 is 28.5 Å². The van der Waals surface area contributed by atoms with E-state index in [1.165, 1.54) is 5.00 Å². The topological polar surface area (TPSA) is 84.6 Å². The number of aromatic nitrogens is 3. The number of hydrogen-bond donors (Lipinski definition) is 1. The number of amides is 1. The fourth-order valence-electron chi connectivity index (χ4n) is 3.50. The van der Waals surface area contributed by atoms with Gasteiger partial charge in [0.2, 0.25) is 5.82 Å². The van der Waals surface area contributed by atoms with E-state index < -0.39 is 5.91 Å². The number of carbonyl (C=O) groups is 1. The molecule has 0 bridgehead atoms. The first-order chi connectivity index (χ1) is 16.3. The Hall–Kier alpha value is -3.82. The zero-order chi connectivity index (χ0) is 22.5. The Bertz CT molecular complexity index is 1190. The Morgan fingerprint density at radius 3 is 2.48 bits per heavy atom. The second-order valence-electron chi connectivity index (χ2n) is 7.35. The minimum atomic E-state index is -0.469. The lowest BCUT2D eigenvalue weighted by atomic mass is 10.2. The van der Waals surface area contributed by atoms with Crippen LogP contribution < -0.4 is 10.3 Å². The Kier molecular flexibility index (Phi) is 6.23. The van der Waals surface area contributed by atoms with E-state index in [4.69, 9.17) is 4.74 Å². The van der Waals surface area contributed by atoms with E-state index in [0.717, 1.165) is 42.4 Å². The van der Waals surface area contributed by atoms with Crippen LogP contribution in [-0.4, -0.2) is 53.2 Å². The van der Waals surface area contributed by atoms with Gasteiger partial charge < -0.3 is 9.64 Å². The fraction of sp³-hybridized carbons (Fsp3) is 0.167. The summed E-state index contributed by atoms with van der Waals surface area (Å²) >= 11 is 1.62. The Morgan fingerprint density at radius 2 is 1.73 bits per heavy atom. The molecule has 2 aromatic carbocycles. The summed E-state index contributed by atoms with van der Waals surface area (Å²) in [4.78, 5) is 20.5. The third-order valence-corrected chi connectivity index (χ3v) is 6.22. The molecule has 5 rings (SSSR count). The Labute approximate surface area is 195 Å². The molecule has 8 nitrogen and oxygen atoms in total. The van der Waals surface area contributed by atoms with E-state index in [1.54, 1.807) is 22.2 Å². The summed E-state index contributed by atoms with van der Waals surface area (Å²) in [5.74, 6) is 0.169. The number of morpholine rings is 1. The smallest absolute Gasteiger partial charge is 0.311 e. The van der Waals surface area contributed by atoms with Crippen LogP contribution in [-0.2, 0) is 4.74 Å². The van der Waals surface area contributed by atoms with Crippen LogP contribution in [0.3, 0.4) is 0 Å². The molecule has 1 fully saturated rings. The molecule has 33 heavy (non-hydrogen) atoms. The van der Waals surface area contributed by atoms with Gasteiger partial charge in [-0.25, -0.2) is 15.1 Å². The highest BCUT2D eigenvalue weighted by molar-refractivity contribution is 7.17. The molecule has 0 spiro atoms. The fourth-order valence-corrected chi connectivity index (χ4v) is 4.43. The number of para-hydroxylation sites is 1. The molecule has 1 aliphatic rings. The van der Waals surface area contributed by atoms with Crippen LogP contribution in [0.5, 0.6) is 0 Å². The lowest BCUT2D eigenvalue weighted by Crippen LogP contribution is -2.35. The lowest BCUT2D eigenvalue weighted by molar-refractivity contribution is 0.0945. The quantitative estimate of drug-likeness (QED) is 0.353. The Morgan fingerprint density at radius 1 is 1.00 bits per heavy atom. The number of hydrazone groups is 1. The normalized spacial score (nSPS) is 14.0. The summed E-state index contributed by atoms with van der Waals surface area (Å²) in [6, 6.07) is 23.3. The van der Waals surface area contributed by atoms with E-state index in [2.05, 4.69) is 31.6 Å². The maximum Gasteiger partial charge on any atom is 0.311 e. The van der Waals surface area contributed by atoms with Crippen molar-refractivity contribution in [2.45, 2.75) is 0 Å². The lowest BCUT2D eigenvalue weighted by Gasteiger charge is -2.27. The molecule has 0 atom stereocenters. The zero-order valence-corrected chi connectivity index (χ0v) is 18.6. The van der Waals surface area contributed by atoms with Crippen molar-refractivity contribution in [2.75, 3.05) is 31.2 Å². The average Bonchev–Trinajstić information content (AvgIpc) is 3.54. The molecule has 4 aromatic rings. The first-order valence-corrected chi connectivity index (χ1v) is 11.4. The van der Waals surface area contributed by atoms with Gasteiger partial charge in [0.1, 0.15) is 0 Å². The molecular formula is C24H22N6O2S. The van der Waals surface area contributed by atoms with Gasteiger partial charge in [0.15, 0.2) is 5.82 Å². The molecule has 166 valence electrons. The maximum atomic E-state index is 12.7. The summed E-state index contributed by atoms with van der Waals surface area (Å²) in [5, 5.41) is 9.73. The van der Waals surface area contributed by atoms with E-state index in [-0.39, 0.29) is 5.82 Å². The highest BCUT2D eigenvalue weighted by atomic mass is 32.1. The number of nitrogens with one attached hydrogen (secondary N) is 1. The van der Waals surface area contributed by atoms with Gasteiger partial charge in [-0.2, -0.15) is 5.10 Å². The molecule has 2 aromatic heterocycles. The van der Waals surface area contributed by atoms with Gasteiger partial charge in [0.25, 0.3) is 0 Å². The molecule has 0 radical (unpaired) electrons. The highest BCUT2D eigenvalue weighted by Crippen LogP contribution is 2.25. The van der Waals surface area contributed by atoms with Gasteiger partial charge in [-0.1, -0.05) is 48.5 Å². The maximum absolute atomic E-state index is 12.7. The van der Waals surface area contributed by atoms with Crippen LogP contribution in [0.1, 0.15) is 15.5 Å². The van der Waals surface area contributed by atoms with Crippen molar-refractivity contribution in [3.05, 3.63) is 83.5 Å². The molecule has 1 amide bonds. The zero-order valence-electron chi connectivity index (χ0n) is 17.8. The predicted molar refractivity (Wildman–Crippen MR) is 129 cm³/mol. The number of benzene rings is 2. The van der Waals surface area contributed by atoms with Gasteiger partial charge in [0.05, 0.1) is 30.1 Å². The molecule has 9 heteroatoms. The molecule has 1 aliphatic heterocycles. The van der Waals surface area contributed by atoms with E-state index in [0.29, 0.717) is 5.82 Å². The van der Waals surface area contributed by atoms with Crippen LogP contribution in [0.2, 0.25) is 0 Å². The van der Waals surface area contributed by atoms with E-state index >= 15 is 0 Å². The third-order valence-electron chi connectivity index (χ3n) is 5.14. The van der Waals surface area contributed by atoms with Crippen LogP contribution in [0.25, 0.3) is 17.1 Å². The predicted octanol–water partition coefficient (Wildman–Crippen LogP) is 3.60. The van der Waals surface area contributed by atoms with Gasteiger partial charge >= 0.3 is 5.91 Å². The van der Waals surface area contributed by atoms with Crippen molar-refractivity contribution < 1.29 is 9.53 Å². The molecular weight excluding hydrogens is 436 g/mol. The molecule has 0 aliphatic carbocycles. The standard InChI is InChI=1S/C24H22N6O2S/c31-24(27-25-17-20-11-12-21(33-20)29-13-15-32-16-14-29)22-26-23(18-7-3-1-4-8-18)30(28-22)19-9-5-2-6-10-19/h1-12,17H,13-16H2,(H,27,31)/b25-17+. The van der Waals surface area contributed by atoms with Crippen LogP contribution in [0.15, 0.2) is 77.9 Å². The van der Waals surface area contributed by atoms with Crippen LogP contribution in [0, 0.1) is 0 Å². The number of thiophene rings is 1. The van der Waals surface area contributed by atoms with Crippen molar-refractivity contribution in [3.8, 4) is 17.1 Å². The molecule has 0 unspecified atom stereocenters. The van der Waals surface area contributed by atoms with Crippen molar-refractivity contribution in [2.24, 2.45) is 5.10 Å². The average molecular weight is 459 g/mol. The minimum absolute atomic E-state index is 0.0510. The number of rotatable bonds is 6. The number of nitrogens with zero attached hydrogens (tertiary/aromatic N) is 5.